The first kappa shape index (κ1) is 14.3. The van der Waals surface area contributed by atoms with E-state index in [-0.39, 0.29) is 5.69 Å². The van der Waals surface area contributed by atoms with Crippen LogP contribution in [0.5, 0.6) is 5.75 Å². The summed E-state index contributed by atoms with van der Waals surface area (Å²) in [4.78, 5) is 11.9. The van der Waals surface area contributed by atoms with E-state index in [9.17, 15) is 9.18 Å². The van der Waals surface area contributed by atoms with Gasteiger partial charge in [-0.25, -0.2) is 4.39 Å². The quantitative estimate of drug-likeness (QED) is 0.929. The van der Waals surface area contributed by atoms with Crippen molar-refractivity contribution in [2.75, 3.05) is 5.32 Å². The van der Waals surface area contributed by atoms with E-state index in [1.807, 2.05) is 0 Å². The molecule has 3 nitrogen and oxygen atoms in total. The number of amides is 1. The van der Waals surface area contributed by atoms with Gasteiger partial charge in [0.1, 0.15) is 11.6 Å². The number of carbonyl (C=O) groups excluding carboxylic acids is 1. The lowest BCUT2D eigenvalue weighted by atomic mass is 10.3. The Morgan fingerprint density at radius 3 is 2.55 bits per heavy atom. The summed E-state index contributed by atoms with van der Waals surface area (Å²) in [6.45, 7) is 1.57. The highest BCUT2D eigenvalue weighted by Gasteiger charge is 2.17. The number of benzene rings is 2. The molecule has 2 aromatic rings. The molecular formula is C15H13ClFNO2. The molecule has 2 aromatic carbocycles. The lowest BCUT2D eigenvalue weighted by Crippen LogP contribution is -2.30. The fourth-order valence-electron chi connectivity index (χ4n) is 1.58. The van der Waals surface area contributed by atoms with Crippen molar-refractivity contribution >= 4 is 23.2 Å². The van der Waals surface area contributed by atoms with Crippen LogP contribution < -0.4 is 10.1 Å². The van der Waals surface area contributed by atoms with Gasteiger partial charge in [0.05, 0.1) is 10.7 Å². The Morgan fingerprint density at radius 1 is 1.20 bits per heavy atom. The molecule has 1 atom stereocenters. The van der Waals surface area contributed by atoms with Gasteiger partial charge in [0.15, 0.2) is 6.10 Å². The van der Waals surface area contributed by atoms with Gasteiger partial charge in [-0.2, -0.15) is 0 Å². The number of nitrogens with one attached hydrogen (secondary N) is 1. The fourth-order valence-corrected chi connectivity index (χ4v) is 1.76. The zero-order valence-electron chi connectivity index (χ0n) is 10.8. The minimum absolute atomic E-state index is 0.118. The SMILES string of the molecule is C[C@@H](Oc1ccccc1Cl)C(=O)Nc1ccccc1F. The van der Waals surface area contributed by atoms with Crippen LogP contribution in [0.15, 0.2) is 48.5 Å². The van der Waals surface area contributed by atoms with Crippen LogP contribution in [0.2, 0.25) is 5.02 Å². The van der Waals surface area contributed by atoms with Crippen molar-refractivity contribution in [2.45, 2.75) is 13.0 Å². The van der Waals surface area contributed by atoms with Crippen molar-refractivity contribution in [3.63, 3.8) is 0 Å². The Balaban J connectivity index is 2.03. The summed E-state index contributed by atoms with van der Waals surface area (Å²) >= 11 is 5.94. The summed E-state index contributed by atoms with van der Waals surface area (Å²) in [5.41, 5.74) is 0.118. The Bertz CT molecular complexity index is 618. The van der Waals surface area contributed by atoms with Crippen LogP contribution >= 0.6 is 11.6 Å². The van der Waals surface area contributed by atoms with Gasteiger partial charge in [-0.3, -0.25) is 4.79 Å². The van der Waals surface area contributed by atoms with E-state index in [1.165, 1.54) is 12.1 Å². The topological polar surface area (TPSA) is 38.3 Å². The van der Waals surface area contributed by atoms with Gasteiger partial charge in [0.25, 0.3) is 5.91 Å². The third-order valence-electron chi connectivity index (χ3n) is 2.64. The molecule has 0 saturated carbocycles. The average molecular weight is 294 g/mol. The third-order valence-corrected chi connectivity index (χ3v) is 2.95. The average Bonchev–Trinajstić information content (AvgIpc) is 2.43. The van der Waals surface area contributed by atoms with E-state index in [2.05, 4.69) is 5.32 Å². The molecule has 5 heteroatoms. The molecule has 20 heavy (non-hydrogen) atoms. The van der Waals surface area contributed by atoms with E-state index < -0.39 is 17.8 Å². The van der Waals surface area contributed by atoms with Crippen molar-refractivity contribution < 1.29 is 13.9 Å². The molecule has 0 fully saturated rings. The second kappa shape index (κ2) is 6.39. The smallest absolute Gasteiger partial charge is 0.265 e. The van der Waals surface area contributed by atoms with Crippen LogP contribution in [-0.4, -0.2) is 12.0 Å². The summed E-state index contributed by atoms with van der Waals surface area (Å²) in [5.74, 6) is -0.536. The molecule has 2 rings (SSSR count). The Kier molecular flexibility index (Phi) is 4.58. The second-order valence-electron chi connectivity index (χ2n) is 4.16. The highest BCUT2D eigenvalue weighted by molar-refractivity contribution is 6.32. The molecule has 0 unspecified atom stereocenters. The lowest BCUT2D eigenvalue weighted by molar-refractivity contribution is -0.122. The number of ether oxygens (including phenoxy) is 1. The summed E-state index contributed by atoms with van der Waals surface area (Å²) in [7, 11) is 0. The van der Waals surface area contributed by atoms with Crippen LogP contribution in [0.4, 0.5) is 10.1 Å². The summed E-state index contributed by atoms with van der Waals surface area (Å²) in [5, 5.41) is 2.88. The summed E-state index contributed by atoms with van der Waals surface area (Å²) in [6.07, 6.45) is -0.797. The van der Waals surface area contributed by atoms with Gasteiger partial charge < -0.3 is 10.1 Å². The van der Waals surface area contributed by atoms with Crippen molar-refractivity contribution in [3.8, 4) is 5.75 Å². The summed E-state index contributed by atoms with van der Waals surface area (Å²) in [6, 6.07) is 12.8. The highest BCUT2D eigenvalue weighted by Crippen LogP contribution is 2.24. The number of rotatable bonds is 4. The number of hydrogen-bond donors (Lipinski definition) is 1. The van der Waals surface area contributed by atoms with E-state index in [0.29, 0.717) is 10.8 Å². The monoisotopic (exact) mass is 293 g/mol. The number of para-hydroxylation sites is 2. The molecule has 0 bridgehead atoms. The van der Waals surface area contributed by atoms with Gasteiger partial charge in [0.2, 0.25) is 0 Å². The molecular weight excluding hydrogens is 281 g/mol. The second-order valence-corrected chi connectivity index (χ2v) is 4.57. The predicted molar refractivity (Wildman–Crippen MR) is 76.6 cm³/mol. The van der Waals surface area contributed by atoms with E-state index >= 15 is 0 Å². The maximum atomic E-state index is 13.4. The molecule has 104 valence electrons. The van der Waals surface area contributed by atoms with Crippen LogP contribution in [0.3, 0.4) is 0 Å². The molecule has 1 amide bonds. The normalized spacial score (nSPS) is 11.8. The molecule has 0 heterocycles. The maximum absolute atomic E-state index is 13.4. The molecule has 1 N–H and O–H groups in total. The summed E-state index contributed by atoms with van der Waals surface area (Å²) < 4.78 is 18.9. The van der Waals surface area contributed by atoms with Gasteiger partial charge in [-0.15, -0.1) is 0 Å². The number of hydrogen-bond acceptors (Lipinski definition) is 2. The van der Waals surface area contributed by atoms with Crippen molar-refractivity contribution in [3.05, 3.63) is 59.4 Å². The zero-order valence-corrected chi connectivity index (χ0v) is 11.5. The van der Waals surface area contributed by atoms with Crippen molar-refractivity contribution in [2.24, 2.45) is 0 Å². The third kappa shape index (κ3) is 3.48. The van der Waals surface area contributed by atoms with E-state index in [1.54, 1.807) is 43.3 Å². The zero-order chi connectivity index (χ0) is 14.5. The minimum Gasteiger partial charge on any atom is -0.479 e. The van der Waals surface area contributed by atoms with Gasteiger partial charge in [-0.05, 0) is 31.2 Å². The number of carbonyl (C=O) groups is 1. The van der Waals surface area contributed by atoms with Crippen LogP contribution in [0.25, 0.3) is 0 Å². The minimum atomic E-state index is -0.797. The molecule has 0 aliphatic rings. The number of halogens is 2. The first-order chi connectivity index (χ1) is 9.58. The standard InChI is InChI=1S/C15H13ClFNO2/c1-10(20-14-9-5-2-6-11(14)16)15(19)18-13-8-4-3-7-12(13)17/h2-10H,1H3,(H,18,19)/t10-/m1/s1. The van der Waals surface area contributed by atoms with Gasteiger partial charge in [-0.1, -0.05) is 35.9 Å². The van der Waals surface area contributed by atoms with Crippen LogP contribution in [0.1, 0.15) is 6.92 Å². The fraction of sp³-hybridized carbons (Fsp3) is 0.133. The van der Waals surface area contributed by atoms with Crippen molar-refractivity contribution in [1.29, 1.82) is 0 Å². The predicted octanol–water partition coefficient (Wildman–Crippen LogP) is 3.89. The highest BCUT2D eigenvalue weighted by atomic mass is 35.5. The van der Waals surface area contributed by atoms with E-state index in [0.717, 1.165) is 0 Å². The first-order valence-corrected chi connectivity index (χ1v) is 6.42. The van der Waals surface area contributed by atoms with Gasteiger partial charge in [0, 0.05) is 0 Å². The van der Waals surface area contributed by atoms with Crippen molar-refractivity contribution in [1.82, 2.24) is 0 Å². The Labute approximate surface area is 121 Å². The Hall–Kier alpha value is -2.07. The molecule has 0 aromatic heterocycles. The Morgan fingerprint density at radius 2 is 1.85 bits per heavy atom. The molecule has 0 aliphatic heterocycles. The van der Waals surface area contributed by atoms with Crippen LogP contribution in [-0.2, 0) is 4.79 Å². The molecule has 0 aliphatic carbocycles. The largest absolute Gasteiger partial charge is 0.479 e. The maximum Gasteiger partial charge on any atom is 0.265 e. The molecule has 0 saturated heterocycles. The lowest BCUT2D eigenvalue weighted by Gasteiger charge is -2.15. The van der Waals surface area contributed by atoms with Crippen LogP contribution in [0, 0.1) is 5.82 Å². The first-order valence-electron chi connectivity index (χ1n) is 6.04. The van der Waals surface area contributed by atoms with E-state index in [4.69, 9.17) is 16.3 Å². The molecule has 0 spiro atoms. The number of anilines is 1. The van der Waals surface area contributed by atoms with Gasteiger partial charge >= 0.3 is 0 Å². The molecule has 0 radical (unpaired) electrons.